The number of allylic oxidation sites excluding steroid dienone is 2. The molecule has 0 aromatic heterocycles. The van der Waals surface area contributed by atoms with Crippen LogP contribution in [0.5, 0.6) is 0 Å². The van der Waals surface area contributed by atoms with Gasteiger partial charge in [-0.3, -0.25) is 19.3 Å². The van der Waals surface area contributed by atoms with Crippen molar-refractivity contribution in [1.29, 1.82) is 0 Å². The molecule has 5 nitrogen and oxygen atoms in total. The van der Waals surface area contributed by atoms with Gasteiger partial charge in [-0.25, -0.2) is 0 Å². The quantitative estimate of drug-likeness (QED) is 0.454. The van der Waals surface area contributed by atoms with Crippen LogP contribution in [0.25, 0.3) is 0 Å². The minimum Gasteiger partial charge on any atom is -0.322 e. The molecule has 0 radical (unpaired) electrons. The molecule has 7 heteroatoms. The second-order valence-corrected chi connectivity index (χ2v) is 10.5. The number of benzene rings is 2. The smallest absolute Gasteiger partial charge is 0.255 e. The summed E-state index contributed by atoms with van der Waals surface area (Å²) in [5, 5.41) is 3.38. The summed E-state index contributed by atoms with van der Waals surface area (Å²) < 4.78 is 0.764. The number of halogens is 2. The average Bonchev–Trinajstić information content (AvgIpc) is 3.55. The first-order valence-electron chi connectivity index (χ1n) is 10.8. The third-order valence-corrected chi connectivity index (χ3v) is 8.76. The van der Waals surface area contributed by atoms with Crippen molar-refractivity contribution < 1.29 is 14.4 Å². The normalized spacial score (nSPS) is 31.5. The van der Waals surface area contributed by atoms with Crippen molar-refractivity contribution >= 4 is 56.6 Å². The summed E-state index contributed by atoms with van der Waals surface area (Å²) >= 11 is 9.52. The van der Waals surface area contributed by atoms with Crippen molar-refractivity contribution in [2.45, 2.75) is 13.3 Å². The summed E-state index contributed by atoms with van der Waals surface area (Å²) in [6.07, 6.45) is 5.47. The molecule has 3 amide bonds. The SMILES string of the molecule is Cc1cc(Br)c(Cl)cc1NC(=O)c1ccc(N2C(=O)[C@@H]3[C@H]4C=C[C@@H]([C@@H]5C[C@@H]45)[C@H]3C2=O)cc1. The van der Waals surface area contributed by atoms with Gasteiger partial charge in [0.25, 0.3) is 5.91 Å². The van der Waals surface area contributed by atoms with Crippen LogP contribution in [-0.2, 0) is 9.59 Å². The Bertz CT molecular complexity index is 1190. The number of hydrogen-bond donors (Lipinski definition) is 1. The second kappa shape index (κ2) is 7.03. The van der Waals surface area contributed by atoms with Crippen molar-refractivity contribution in [3.63, 3.8) is 0 Å². The number of nitrogens with zero attached hydrogens (tertiary/aromatic N) is 1. The van der Waals surface area contributed by atoms with Gasteiger partial charge in [-0.2, -0.15) is 0 Å². The molecule has 2 aromatic carbocycles. The van der Waals surface area contributed by atoms with Crippen molar-refractivity contribution in [3.05, 3.63) is 69.2 Å². The summed E-state index contributed by atoms with van der Waals surface area (Å²) in [5.41, 5.74) is 2.47. The lowest BCUT2D eigenvalue weighted by molar-refractivity contribution is -0.124. The van der Waals surface area contributed by atoms with Crippen LogP contribution in [0, 0.1) is 42.4 Å². The predicted octanol–water partition coefficient (Wildman–Crippen LogP) is 5.22. The first-order valence-corrected chi connectivity index (χ1v) is 12.0. The Hall–Kier alpha value is -2.44. The van der Waals surface area contributed by atoms with E-state index in [1.165, 1.54) is 4.90 Å². The van der Waals surface area contributed by atoms with E-state index in [1.807, 2.05) is 13.0 Å². The van der Waals surface area contributed by atoms with E-state index in [-0.39, 0.29) is 41.4 Å². The lowest BCUT2D eigenvalue weighted by Crippen LogP contribution is -2.40. The van der Waals surface area contributed by atoms with E-state index in [9.17, 15) is 14.4 Å². The molecule has 1 N–H and O–H groups in total. The molecule has 32 heavy (non-hydrogen) atoms. The molecule has 4 aliphatic carbocycles. The van der Waals surface area contributed by atoms with Gasteiger partial charge in [0.05, 0.1) is 22.5 Å². The standard InChI is InChI=1S/C25H20BrClN2O3/c1-11-8-18(26)19(27)10-20(11)28-23(30)12-2-4-13(5-3-12)29-24(31)21-14-6-7-15(17-9-16(14)17)22(21)25(29)32/h2-8,10,14-17,21-22H,9H2,1H3,(H,28,30)/t14-,15-,16-,17-,21+,22+/m0/s1. The molecule has 5 aliphatic rings. The zero-order valence-corrected chi connectivity index (χ0v) is 19.6. The number of imide groups is 1. The van der Waals surface area contributed by atoms with Crippen molar-refractivity contribution in [2.75, 3.05) is 10.2 Å². The van der Waals surface area contributed by atoms with E-state index >= 15 is 0 Å². The number of nitrogens with one attached hydrogen (secondary N) is 1. The minimum atomic E-state index is -0.284. The molecule has 6 atom stereocenters. The fraction of sp³-hybridized carbons (Fsp3) is 0.320. The zero-order valence-electron chi connectivity index (χ0n) is 17.2. The van der Waals surface area contributed by atoms with Crippen LogP contribution in [0.15, 0.2) is 53.0 Å². The number of amides is 3. The average molecular weight is 512 g/mol. The Morgan fingerprint density at radius 1 is 1.03 bits per heavy atom. The van der Waals surface area contributed by atoms with Crippen LogP contribution in [0.4, 0.5) is 11.4 Å². The molecular formula is C25H20BrClN2O3. The van der Waals surface area contributed by atoms with Gasteiger partial charge in [-0.15, -0.1) is 0 Å². The highest BCUT2D eigenvalue weighted by atomic mass is 79.9. The predicted molar refractivity (Wildman–Crippen MR) is 125 cm³/mol. The van der Waals surface area contributed by atoms with Crippen LogP contribution in [0.3, 0.4) is 0 Å². The minimum absolute atomic E-state index is 0.0953. The van der Waals surface area contributed by atoms with Crippen molar-refractivity contribution in [3.8, 4) is 0 Å². The third kappa shape index (κ3) is 2.85. The highest BCUT2D eigenvalue weighted by Gasteiger charge is 2.67. The molecule has 162 valence electrons. The molecule has 2 bridgehead atoms. The number of rotatable bonds is 3. The summed E-state index contributed by atoms with van der Waals surface area (Å²) in [6.45, 7) is 1.88. The summed E-state index contributed by atoms with van der Waals surface area (Å²) in [6, 6.07) is 10.2. The van der Waals surface area contributed by atoms with Crippen LogP contribution in [0.2, 0.25) is 5.02 Å². The van der Waals surface area contributed by atoms with Gasteiger partial charge in [0.15, 0.2) is 0 Å². The van der Waals surface area contributed by atoms with E-state index in [0.717, 1.165) is 16.5 Å². The molecule has 2 saturated carbocycles. The van der Waals surface area contributed by atoms with E-state index < -0.39 is 0 Å². The molecule has 3 fully saturated rings. The van der Waals surface area contributed by atoms with Crippen molar-refractivity contribution in [1.82, 2.24) is 0 Å². The van der Waals surface area contributed by atoms with Crippen molar-refractivity contribution in [2.24, 2.45) is 35.5 Å². The number of carbonyl (C=O) groups excluding carboxylic acids is 3. The van der Waals surface area contributed by atoms with Gasteiger partial charge in [0, 0.05) is 15.7 Å². The lowest BCUT2D eigenvalue weighted by Gasteiger charge is -2.37. The maximum atomic E-state index is 13.2. The molecule has 1 heterocycles. The summed E-state index contributed by atoms with van der Waals surface area (Å²) in [7, 11) is 0. The largest absolute Gasteiger partial charge is 0.322 e. The molecule has 2 aromatic rings. The number of carbonyl (C=O) groups is 3. The van der Waals surface area contributed by atoms with Gasteiger partial charge < -0.3 is 5.32 Å². The monoisotopic (exact) mass is 510 g/mol. The lowest BCUT2D eigenvalue weighted by atomic mass is 9.63. The number of aryl methyl sites for hydroxylation is 1. The first kappa shape index (κ1) is 20.2. The van der Waals surface area contributed by atoms with E-state index in [1.54, 1.807) is 30.3 Å². The number of anilines is 2. The van der Waals surface area contributed by atoms with Gasteiger partial charge in [-0.05, 0) is 94.9 Å². The van der Waals surface area contributed by atoms with Crippen LogP contribution >= 0.6 is 27.5 Å². The fourth-order valence-corrected chi connectivity index (χ4v) is 6.57. The third-order valence-electron chi connectivity index (χ3n) is 7.57. The molecular weight excluding hydrogens is 492 g/mol. The first-order chi connectivity index (χ1) is 15.3. The molecule has 0 unspecified atom stereocenters. The van der Waals surface area contributed by atoms with Crippen LogP contribution in [0.1, 0.15) is 22.3 Å². The highest BCUT2D eigenvalue weighted by Crippen LogP contribution is 2.65. The number of hydrogen-bond acceptors (Lipinski definition) is 3. The van der Waals surface area contributed by atoms with Gasteiger partial charge in [-0.1, -0.05) is 23.8 Å². The Labute approximate surface area is 198 Å². The van der Waals surface area contributed by atoms with Gasteiger partial charge in [0.2, 0.25) is 11.8 Å². The maximum absolute atomic E-state index is 13.2. The van der Waals surface area contributed by atoms with Crippen LogP contribution in [-0.4, -0.2) is 17.7 Å². The van der Waals surface area contributed by atoms with Crippen LogP contribution < -0.4 is 10.2 Å². The Morgan fingerprint density at radius 3 is 2.22 bits per heavy atom. The Morgan fingerprint density at radius 2 is 1.62 bits per heavy atom. The van der Waals surface area contributed by atoms with E-state index in [2.05, 4.69) is 33.4 Å². The van der Waals surface area contributed by atoms with Gasteiger partial charge in [0.1, 0.15) is 0 Å². The Balaban J connectivity index is 1.23. The summed E-state index contributed by atoms with van der Waals surface area (Å²) in [4.78, 5) is 40.6. The molecule has 1 aliphatic heterocycles. The molecule has 7 rings (SSSR count). The molecule has 1 saturated heterocycles. The topological polar surface area (TPSA) is 66.5 Å². The van der Waals surface area contributed by atoms with Gasteiger partial charge >= 0.3 is 0 Å². The highest BCUT2D eigenvalue weighted by molar-refractivity contribution is 9.10. The van der Waals surface area contributed by atoms with E-state index in [0.29, 0.717) is 33.8 Å². The zero-order chi connectivity index (χ0) is 22.3. The maximum Gasteiger partial charge on any atom is 0.255 e. The summed E-state index contributed by atoms with van der Waals surface area (Å²) in [5.74, 6) is 0.611. The second-order valence-electron chi connectivity index (χ2n) is 9.25. The Kier molecular flexibility index (Phi) is 4.43. The van der Waals surface area contributed by atoms with E-state index in [4.69, 9.17) is 11.6 Å². The molecule has 0 spiro atoms. The fourth-order valence-electron chi connectivity index (χ4n) is 5.95.